The van der Waals surface area contributed by atoms with Crippen molar-refractivity contribution in [1.82, 2.24) is 9.47 Å². The number of nitrogens with one attached hydrogen (secondary N) is 1. The van der Waals surface area contributed by atoms with Gasteiger partial charge in [-0.3, -0.25) is 14.4 Å². The number of carbonyl (C=O) groups excluding carboxylic acids is 3. The summed E-state index contributed by atoms with van der Waals surface area (Å²) in [4.78, 5) is 39.9. The number of Topliss-reactive ketones (excluding diaryl/α,β-unsaturated/α-hetero) is 1. The highest BCUT2D eigenvalue weighted by Gasteiger charge is 2.23. The minimum Gasteiger partial charge on any atom is -0.494 e. The predicted octanol–water partition coefficient (Wildman–Crippen LogP) is 3.73. The minimum atomic E-state index is -0.734. The van der Waals surface area contributed by atoms with Crippen LogP contribution in [0.15, 0.2) is 54.7 Å². The summed E-state index contributed by atoms with van der Waals surface area (Å²) in [6, 6.07) is 14.1. The number of aromatic nitrogens is 1. The van der Waals surface area contributed by atoms with Gasteiger partial charge in [-0.15, -0.1) is 0 Å². The maximum Gasteiger partial charge on any atom is 0.296 e. The molecule has 0 saturated heterocycles. The van der Waals surface area contributed by atoms with E-state index in [2.05, 4.69) is 5.32 Å². The number of ether oxygens (including phenoxy) is 1. The van der Waals surface area contributed by atoms with Gasteiger partial charge >= 0.3 is 0 Å². The van der Waals surface area contributed by atoms with Gasteiger partial charge in [0.2, 0.25) is 5.91 Å². The van der Waals surface area contributed by atoms with Crippen molar-refractivity contribution in [3.8, 4) is 5.75 Å². The highest BCUT2D eigenvalue weighted by Crippen LogP contribution is 2.23. The summed E-state index contributed by atoms with van der Waals surface area (Å²) in [5.41, 5.74) is 1.51. The van der Waals surface area contributed by atoms with Crippen LogP contribution >= 0.6 is 0 Å². The van der Waals surface area contributed by atoms with Crippen LogP contribution < -0.4 is 10.1 Å². The Morgan fingerprint density at radius 3 is 2.29 bits per heavy atom. The molecule has 2 aromatic carbocycles. The Morgan fingerprint density at radius 2 is 1.65 bits per heavy atom. The van der Waals surface area contributed by atoms with E-state index in [-0.39, 0.29) is 18.0 Å². The van der Waals surface area contributed by atoms with Gasteiger partial charge in [0.1, 0.15) is 12.3 Å². The van der Waals surface area contributed by atoms with Gasteiger partial charge in [-0.05, 0) is 51.1 Å². The second kappa shape index (κ2) is 9.93. The molecule has 0 aliphatic rings. The molecule has 1 heterocycles. The Bertz CT molecular complexity index is 1080. The lowest BCUT2D eigenvalue weighted by atomic mass is 10.1. The number of hydrogen-bond donors (Lipinski definition) is 1. The van der Waals surface area contributed by atoms with Crippen molar-refractivity contribution in [3.05, 3.63) is 60.3 Å². The van der Waals surface area contributed by atoms with E-state index < -0.39 is 11.7 Å². The fourth-order valence-corrected chi connectivity index (χ4v) is 3.49. The molecule has 1 N–H and O–H groups in total. The van der Waals surface area contributed by atoms with Crippen molar-refractivity contribution in [1.29, 1.82) is 0 Å². The van der Waals surface area contributed by atoms with Crippen LogP contribution in [0.5, 0.6) is 5.75 Å². The van der Waals surface area contributed by atoms with E-state index in [1.807, 2.05) is 32.9 Å². The quantitative estimate of drug-likeness (QED) is 0.422. The zero-order valence-corrected chi connectivity index (χ0v) is 18.1. The molecular formula is C24H27N3O4. The van der Waals surface area contributed by atoms with E-state index in [1.165, 1.54) is 0 Å². The van der Waals surface area contributed by atoms with Gasteiger partial charge in [-0.1, -0.05) is 18.2 Å². The standard InChI is InChI=1S/C24H27N3O4/c1-4-26(5-2)22(28)16-27-15-20(19-9-7-8-10-21(19)27)23(29)24(30)25-17-11-13-18(14-12-17)31-6-3/h7-15H,4-6,16H2,1-3H3,(H,25,30). The van der Waals surface area contributed by atoms with Crippen molar-refractivity contribution < 1.29 is 19.1 Å². The molecule has 2 amide bonds. The van der Waals surface area contributed by atoms with Gasteiger partial charge in [0, 0.05) is 35.9 Å². The molecule has 3 rings (SSSR count). The van der Waals surface area contributed by atoms with Crippen LogP contribution in [0.3, 0.4) is 0 Å². The van der Waals surface area contributed by atoms with Crippen LogP contribution in [0.4, 0.5) is 5.69 Å². The van der Waals surface area contributed by atoms with Gasteiger partial charge in [0.15, 0.2) is 0 Å². The molecular weight excluding hydrogens is 394 g/mol. The molecule has 3 aromatic rings. The van der Waals surface area contributed by atoms with Gasteiger partial charge in [0.05, 0.1) is 12.2 Å². The highest BCUT2D eigenvalue weighted by atomic mass is 16.5. The summed E-state index contributed by atoms with van der Waals surface area (Å²) >= 11 is 0. The molecule has 0 atom stereocenters. The number of nitrogens with zero attached hydrogens (tertiary/aromatic N) is 2. The van der Waals surface area contributed by atoms with Crippen molar-refractivity contribution in [3.63, 3.8) is 0 Å². The summed E-state index contributed by atoms with van der Waals surface area (Å²) in [5, 5.41) is 3.27. The lowest BCUT2D eigenvalue weighted by Gasteiger charge is -2.19. The fourth-order valence-electron chi connectivity index (χ4n) is 3.49. The lowest BCUT2D eigenvalue weighted by Crippen LogP contribution is -2.33. The molecule has 162 valence electrons. The molecule has 0 bridgehead atoms. The number of anilines is 1. The Kier molecular flexibility index (Phi) is 7.07. The summed E-state index contributed by atoms with van der Waals surface area (Å²) in [6.45, 7) is 7.63. The molecule has 31 heavy (non-hydrogen) atoms. The highest BCUT2D eigenvalue weighted by molar-refractivity contribution is 6.48. The van der Waals surface area contributed by atoms with Crippen LogP contribution in [0.1, 0.15) is 31.1 Å². The number of hydrogen-bond acceptors (Lipinski definition) is 4. The van der Waals surface area contributed by atoms with Crippen molar-refractivity contribution in [2.75, 3.05) is 25.0 Å². The molecule has 0 radical (unpaired) electrons. The molecule has 0 spiro atoms. The second-order valence-corrected chi connectivity index (χ2v) is 6.99. The minimum absolute atomic E-state index is 0.0383. The largest absolute Gasteiger partial charge is 0.494 e. The summed E-state index contributed by atoms with van der Waals surface area (Å²) < 4.78 is 7.11. The van der Waals surface area contributed by atoms with E-state index >= 15 is 0 Å². The molecule has 0 unspecified atom stereocenters. The number of rotatable bonds is 9. The van der Waals surface area contributed by atoms with Gasteiger partial charge in [-0.25, -0.2) is 0 Å². The molecule has 0 aliphatic carbocycles. The van der Waals surface area contributed by atoms with Crippen LogP contribution in [0.2, 0.25) is 0 Å². The van der Waals surface area contributed by atoms with E-state index in [4.69, 9.17) is 4.74 Å². The number of carbonyl (C=O) groups is 3. The molecule has 0 saturated carbocycles. The van der Waals surface area contributed by atoms with E-state index in [1.54, 1.807) is 52.1 Å². The van der Waals surface area contributed by atoms with Crippen LogP contribution in [0.25, 0.3) is 10.9 Å². The van der Waals surface area contributed by atoms with Crippen molar-refractivity contribution in [2.24, 2.45) is 0 Å². The first kappa shape index (κ1) is 22.1. The van der Waals surface area contributed by atoms with Crippen molar-refractivity contribution in [2.45, 2.75) is 27.3 Å². The third-order valence-corrected chi connectivity index (χ3v) is 5.08. The topological polar surface area (TPSA) is 80.6 Å². The van der Waals surface area contributed by atoms with Gasteiger partial charge < -0.3 is 19.5 Å². The average Bonchev–Trinajstić information content (AvgIpc) is 3.14. The zero-order valence-electron chi connectivity index (χ0n) is 18.1. The maximum atomic E-state index is 12.9. The number of likely N-dealkylation sites (N-methyl/N-ethyl adjacent to an activating group) is 1. The van der Waals surface area contributed by atoms with Gasteiger partial charge in [-0.2, -0.15) is 0 Å². The molecule has 0 fully saturated rings. The Hall–Kier alpha value is -3.61. The van der Waals surface area contributed by atoms with Crippen LogP contribution in [-0.2, 0) is 16.1 Å². The first-order valence-electron chi connectivity index (χ1n) is 10.4. The van der Waals surface area contributed by atoms with E-state index in [0.29, 0.717) is 36.5 Å². The third kappa shape index (κ3) is 4.94. The third-order valence-electron chi connectivity index (χ3n) is 5.08. The smallest absolute Gasteiger partial charge is 0.296 e. The first-order chi connectivity index (χ1) is 15.0. The Morgan fingerprint density at radius 1 is 0.968 bits per heavy atom. The normalized spacial score (nSPS) is 10.7. The Balaban J connectivity index is 1.83. The lowest BCUT2D eigenvalue weighted by molar-refractivity contribution is -0.131. The number of para-hydroxylation sites is 1. The monoisotopic (exact) mass is 421 g/mol. The van der Waals surface area contributed by atoms with E-state index in [9.17, 15) is 14.4 Å². The molecule has 1 aromatic heterocycles. The number of fused-ring (bicyclic) bond motifs is 1. The SMILES string of the molecule is CCOc1ccc(NC(=O)C(=O)c2cn(CC(=O)N(CC)CC)c3ccccc23)cc1. The van der Waals surface area contributed by atoms with Crippen molar-refractivity contribution >= 4 is 34.2 Å². The van der Waals surface area contributed by atoms with Crippen LogP contribution in [-0.4, -0.2) is 46.8 Å². The fraction of sp³-hybridized carbons (Fsp3) is 0.292. The Labute approximate surface area is 181 Å². The number of ketones is 1. The average molecular weight is 421 g/mol. The maximum absolute atomic E-state index is 12.9. The van der Waals surface area contributed by atoms with Crippen LogP contribution in [0, 0.1) is 0 Å². The molecule has 7 nitrogen and oxygen atoms in total. The number of amides is 2. The summed E-state index contributed by atoms with van der Waals surface area (Å²) in [6.07, 6.45) is 1.59. The van der Waals surface area contributed by atoms with E-state index in [0.717, 1.165) is 5.52 Å². The molecule has 0 aliphatic heterocycles. The molecule has 7 heteroatoms. The summed E-state index contributed by atoms with van der Waals surface area (Å²) in [5.74, 6) is -0.738. The first-order valence-corrected chi connectivity index (χ1v) is 10.4. The summed E-state index contributed by atoms with van der Waals surface area (Å²) in [7, 11) is 0. The van der Waals surface area contributed by atoms with Gasteiger partial charge in [0.25, 0.3) is 11.7 Å². The second-order valence-electron chi connectivity index (χ2n) is 6.99. The predicted molar refractivity (Wildman–Crippen MR) is 120 cm³/mol. The zero-order chi connectivity index (χ0) is 22.4. The number of benzene rings is 2.